The molecule has 10 heteroatoms. The number of piperidine rings is 1. The average molecular weight is 556 g/mol. The van der Waals surface area contributed by atoms with Gasteiger partial charge in [0, 0.05) is 58.8 Å². The number of likely N-dealkylation sites (tertiary alicyclic amines) is 1. The molecule has 1 saturated carbocycles. The third-order valence-corrected chi connectivity index (χ3v) is 8.71. The standard InChI is InChI=1S/C31H27F2N5O3/c1-31-11-26(29(40)35-14-21-9-18-13-34-7-6-25(18)36-21)38(27(31)12-31)28(39)16-37-15-19-8-17(2-4-23(19)30(37)41)22-5-3-20(32)10-24(22)33/h2-10,13,26-27,36H,11-12,14-16H2,1H3,(H,35,40)/t26-,27?,31+/m0/s1. The van der Waals surface area contributed by atoms with E-state index in [1.165, 1.54) is 17.0 Å². The second-order valence-electron chi connectivity index (χ2n) is 11.5. The first-order valence-corrected chi connectivity index (χ1v) is 13.6. The van der Waals surface area contributed by atoms with Crippen molar-refractivity contribution in [2.45, 2.75) is 44.9 Å². The van der Waals surface area contributed by atoms with Gasteiger partial charge in [0.05, 0.1) is 6.54 Å². The molecule has 4 heterocycles. The fourth-order valence-corrected chi connectivity index (χ4v) is 6.43. The molecule has 1 aliphatic carbocycles. The van der Waals surface area contributed by atoms with Gasteiger partial charge in [0.1, 0.15) is 24.2 Å². The third-order valence-electron chi connectivity index (χ3n) is 8.71. The van der Waals surface area contributed by atoms with E-state index >= 15 is 0 Å². The average Bonchev–Trinajstić information content (AvgIpc) is 3.22. The van der Waals surface area contributed by atoms with Gasteiger partial charge in [0.15, 0.2) is 0 Å². The Morgan fingerprint density at radius 2 is 1.93 bits per heavy atom. The number of carbonyl (C=O) groups is 3. The largest absolute Gasteiger partial charge is 0.357 e. The minimum Gasteiger partial charge on any atom is -0.357 e. The van der Waals surface area contributed by atoms with Crippen LogP contribution in [0.15, 0.2) is 60.9 Å². The molecule has 1 saturated heterocycles. The highest BCUT2D eigenvalue weighted by Crippen LogP contribution is 2.59. The maximum atomic E-state index is 14.4. The van der Waals surface area contributed by atoms with E-state index in [0.717, 1.165) is 29.1 Å². The number of pyridine rings is 1. The topological polar surface area (TPSA) is 98.4 Å². The van der Waals surface area contributed by atoms with Crippen LogP contribution < -0.4 is 5.32 Å². The van der Waals surface area contributed by atoms with Gasteiger partial charge in [-0.15, -0.1) is 0 Å². The molecule has 2 aromatic heterocycles. The van der Waals surface area contributed by atoms with Gasteiger partial charge in [-0.25, -0.2) is 8.78 Å². The minimum atomic E-state index is -0.686. The number of aromatic nitrogens is 2. The summed E-state index contributed by atoms with van der Waals surface area (Å²) in [6.45, 7) is 2.42. The van der Waals surface area contributed by atoms with Crippen molar-refractivity contribution in [2.75, 3.05) is 6.54 Å². The van der Waals surface area contributed by atoms with Crippen LogP contribution in [0, 0.1) is 17.0 Å². The highest BCUT2D eigenvalue weighted by atomic mass is 19.1. The first kappa shape index (κ1) is 25.4. The highest BCUT2D eigenvalue weighted by Gasteiger charge is 2.64. The lowest BCUT2D eigenvalue weighted by Gasteiger charge is -2.28. The van der Waals surface area contributed by atoms with E-state index in [9.17, 15) is 23.2 Å². The van der Waals surface area contributed by atoms with Crippen molar-refractivity contribution in [1.29, 1.82) is 0 Å². The fraction of sp³-hybridized carbons (Fsp3) is 0.290. The fourth-order valence-electron chi connectivity index (χ4n) is 6.43. The smallest absolute Gasteiger partial charge is 0.254 e. The quantitative estimate of drug-likeness (QED) is 0.373. The monoisotopic (exact) mass is 555 g/mol. The first-order valence-electron chi connectivity index (χ1n) is 13.6. The molecule has 4 aromatic rings. The van der Waals surface area contributed by atoms with E-state index in [-0.39, 0.29) is 47.8 Å². The van der Waals surface area contributed by atoms with E-state index in [2.05, 4.69) is 22.2 Å². The number of fused-ring (bicyclic) bond motifs is 3. The van der Waals surface area contributed by atoms with Crippen molar-refractivity contribution in [2.24, 2.45) is 5.41 Å². The van der Waals surface area contributed by atoms with Crippen LogP contribution in [0.2, 0.25) is 0 Å². The number of amides is 3. The minimum absolute atomic E-state index is 0.0296. The molecular formula is C31H27F2N5O3. The molecule has 2 N–H and O–H groups in total. The van der Waals surface area contributed by atoms with E-state index in [0.29, 0.717) is 29.7 Å². The second-order valence-corrected chi connectivity index (χ2v) is 11.5. The van der Waals surface area contributed by atoms with Crippen LogP contribution in [-0.4, -0.2) is 56.1 Å². The normalized spacial score (nSPS) is 22.7. The van der Waals surface area contributed by atoms with Crippen molar-refractivity contribution in [3.05, 3.63) is 89.4 Å². The predicted octanol–water partition coefficient (Wildman–Crippen LogP) is 4.16. The van der Waals surface area contributed by atoms with Crippen LogP contribution in [-0.2, 0) is 22.7 Å². The van der Waals surface area contributed by atoms with Gasteiger partial charge < -0.3 is 20.1 Å². The zero-order valence-corrected chi connectivity index (χ0v) is 22.3. The van der Waals surface area contributed by atoms with Crippen LogP contribution in [0.1, 0.15) is 41.4 Å². The molecule has 3 amide bonds. The van der Waals surface area contributed by atoms with E-state index in [4.69, 9.17) is 0 Å². The van der Waals surface area contributed by atoms with Crippen LogP contribution in [0.4, 0.5) is 8.78 Å². The molecule has 7 rings (SSSR count). The van der Waals surface area contributed by atoms with Gasteiger partial charge in [-0.05, 0) is 65.8 Å². The summed E-state index contributed by atoms with van der Waals surface area (Å²) in [5, 5.41) is 3.93. The van der Waals surface area contributed by atoms with E-state index < -0.39 is 17.7 Å². The molecule has 1 unspecified atom stereocenters. The van der Waals surface area contributed by atoms with Crippen molar-refractivity contribution >= 4 is 28.6 Å². The molecule has 2 fully saturated rings. The number of halogens is 2. The summed E-state index contributed by atoms with van der Waals surface area (Å²) < 4.78 is 27.7. The molecule has 0 spiro atoms. The lowest BCUT2D eigenvalue weighted by molar-refractivity contribution is -0.140. The van der Waals surface area contributed by atoms with E-state index in [1.54, 1.807) is 35.5 Å². The van der Waals surface area contributed by atoms with Gasteiger partial charge in [-0.1, -0.05) is 13.0 Å². The first-order chi connectivity index (χ1) is 19.7. The van der Waals surface area contributed by atoms with Gasteiger partial charge in [0.25, 0.3) is 5.91 Å². The summed E-state index contributed by atoms with van der Waals surface area (Å²) in [5.74, 6) is -2.12. The maximum absolute atomic E-state index is 14.4. The third kappa shape index (κ3) is 4.34. The molecule has 8 nitrogen and oxygen atoms in total. The molecule has 0 bridgehead atoms. The number of aromatic amines is 1. The zero-order valence-electron chi connectivity index (χ0n) is 22.3. The van der Waals surface area contributed by atoms with Gasteiger partial charge in [0.2, 0.25) is 11.8 Å². The molecule has 208 valence electrons. The highest BCUT2D eigenvalue weighted by molar-refractivity contribution is 6.01. The number of nitrogens with zero attached hydrogens (tertiary/aromatic N) is 3. The number of H-pyrrole nitrogens is 1. The van der Waals surface area contributed by atoms with Crippen LogP contribution in [0.25, 0.3) is 22.0 Å². The summed E-state index contributed by atoms with van der Waals surface area (Å²) in [6, 6.07) is 11.5. The molecule has 3 atom stereocenters. The Kier molecular flexibility index (Phi) is 5.71. The second kappa shape index (κ2) is 9.22. The summed E-state index contributed by atoms with van der Waals surface area (Å²) in [6.07, 6.45) is 4.86. The Labute approximate surface area is 234 Å². The number of benzene rings is 2. The van der Waals surface area contributed by atoms with Crippen molar-refractivity contribution < 1.29 is 23.2 Å². The predicted molar refractivity (Wildman–Crippen MR) is 146 cm³/mol. The van der Waals surface area contributed by atoms with Gasteiger partial charge in [-0.2, -0.15) is 0 Å². The molecule has 0 radical (unpaired) electrons. The number of carbonyl (C=O) groups excluding carboxylic acids is 3. The van der Waals surface area contributed by atoms with Crippen LogP contribution >= 0.6 is 0 Å². The Morgan fingerprint density at radius 1 is 1.10 bits per heavy atom. The molecule has 3 aliphatic rings. The lowest BCUT2D eigenvalue weighted by atomic mass is 10.00. The number of hydrogen-bond acceptors (Lipinski definition) is 4. The van der Waals surface area contributed by atoms with Crippen LogP contribution in [0.5, 0.6) is 0 Å². The van der Waals surface area contributed by atoms with E-state index in [1.807, 2.05) is 12.1 Å². The van der Waals surface area contributed by atoms with Gasteiger partial charge in [-0.3, -0.25) is 19.4 Å². The lowest BCUT2D eigenvalue weighted by Crippen LogP contribution is -2.50. The Bertz CT molecular complexity index is 1720. The zero-order chi connectivity index (χ0) is 28.5. The summed E-state index contributed by atoms with van der Waals surface area (Å²) >= 11 is 0. The molecular weight excluding hydrogens is 528 g/mol. The van der Waals surface area contributed by atoms with Crippen molar-refractivity contribution in [3.8, 4) is 11.1 Å². The Morgan fingerprint density at radius 3 is 2.73 bits per heavy atom. The summed E-state index contributed by atoms with van der Waals surface area (Å²) in [7, 11) is 0. The Balaban J connectivity index is 1.04. The van der Waals surface area contributed by atoms with Crippen LogP contribution in [0.3, 0.4) is 0 Å². The molecule has 2 aromatic carbocycles. The number of hydrogen-bond donors (Lipinski definition) is 2. The molecule has 2 aliphatic heterocycles. The Hall–Kier alpha value is -4.60. The SMILES string of the molecule is C[C@@]12CC1N(C(=O)CN1Cc3cc(-c4ccc(F)cc4F)ccc3C1=O)[C@H](C(=O)NCc1cc3cnccc3[nH]1)C2. The maximum Gasteiger partial charge on any atom is 0.254 e. The van der Waals surface area contributed by atoms with Gasteiger partial charge >= 0.3 is 0 Å². The number of nitrogens with one attached hydrogen (secondary N) is 2. The summed E-state index contributed by atoms with van der Waals surface area (Å²) in [4.78, 5) is 50.6. The number of rotatable bonds is 6. The summed E-state index contributed by atoms with van der Waals surface area (Å²) in [5.41, 5.74) is 3.55. The van der Waals surface area contributed by atoms with Crippen molar-refractivity contribution in [3.63, 3.8) is 0 Å². The van der Waals surface area contributed by atoms with Crippen molar-refractivity contribution in [1.82, 2.24) is 25.1 Å². The molecule has 41 heavy (non-hydrogen) atoms.